The minimum absolute atomic E-state index is 0.342. The fraction of sp³-hybridized carbons (Fsp3) is 1.00. The van der Waals surface area contributed by atoms with Crippen molar-refractivity contribution in [2.24, 2.45) is 5.92 Å². The van der Waals surface area contributed by atoms with E-state index in [-0.39, 0.29) is 3.02 Å². The average Bonchev–Trinajstić information content (AvgIpc) is 1.21. The predicted molar refractivity (Wildman–Crippen MR) is 38.5 cm³/mol. The van der Waals surface area contributed by atoms with E-state index in [0.29, 0.717) is 0 Å². The molecule has 0 aliphatic heterocycles. The SMILES string of the molecule is CC(C)C[P](C)(C)=[Y]. The van der Waals surface area contributed by atoms with Crippen LogP contribution in [-0.4, -0.2) is 19.5 Å². The number of rotatable bonds is 2. The zero-order chi connectivity index (χ0) is 6.78. The Bertz CT molecular complexity index is 101. The third kappa shape index (κ3) is 7.53. The monoisotopic (exact) mass is 207 g/mol. The van der Waals surface area contributed by atoms with Gasteiger partial charge in [0, 0.05) is 0 Å². The summed E-state index contributed by atoms with van der Waals surface area (Å²) >= 11 is 1.50. The molecule has 0 aromatic carbocycles. The number of hydrogen-bond donors (Lipinski definition) is 0. The van der Waals surface area contributed by atoms with Gasteiger partial charge in [-0.1, -0.05) is 0 Å². The van der Waals surface area contributed by atoms with E-state index in [1.54, 1.807) is 0 Å². The van der Waals surface area contributed by atoms with Gasteiger partial charge in [0.05, 0.1) is 0 Å². The molecule has 47 valence electrons. The fourth-order valence-electron chi connectivity index (χ4n) is 0.941. The fourth-order valence-corrected chi connectivity index (χ4v) is 5.93. The molecule has 0 atom stereocenters. The van der Waals surface area contributed by atoms with E-state index in [1.807, 2.05) is 0 Å². The molecule has 0 rings (SSSR count). The van der Waals surface area contributed by atoms with Gasteiger partial charge in [0.15, 0.2) is 0 Å². The van der Waals surface area contributed by atoms with E-state index in [1.165, 1.54) is 35.9 Å². The molecule has 0 nitrogen and oxygen atoms in total. The van der Waals surface area contributed by atoms with Crippen LogP contribution in [0.4, 0.5) is 0 Å². The molecule has 0 spiro atoms. The number of hydrogen-bond acceptors (Lipinski definition) is 0. The molecule has 0 fully saturated rings. The first-order chi connectivity index (χ1) is 3.42. The van der Waals surface area contributed by atoms with Crippen molar-refractivity contribution >= 4 is 3.02 Å². The summed E-state index contributed by atoms with van der Waals surface area (Å²) in [4.78, 5) is 0. The molecule has 0 aliphatic rings. The van der Waals surface area contributed by atoms with Crippen LogP contribution in [0.3, 0.4) is 0 Å². The summed E-state index contributed by atoms with van der Waals surface area (Å²) < 4.78 is -0.342. The summed E-state index contributed by atoms with van der Waals surface area (Å²) in [6.45, 7) is 9.54. The van der Waals surface area contributed by atoms with Crippen LogP contribution in [0, 0.1) is 5.92 Å². The molecule has 8 heavy (non-hydrogen) atoms. The summed E-state index contributed by atoms with van der Waals surface area (Å²) in [5.74, 6) is 0.924. The van der Waals surface area contributed by atoms with Crippen LogP contribution in [0.25, 0.3) is 0 Å². The van der Waals surface area contributed by atoms with Gasteiger partial charge in [-0.25, -0.2) is 0 Å². The van der Waals surface area contributed by atoms with E-state index < -0.39 is 0 Å². The Labute approximate surface area is 71.6 Å². The van der Waals surface area contributed by atoms with Crippen molar-refractivity contribution in [2.45, 2.75) is 13.8 Å². The first-order valence-corrected chi connectivity index (χ1v) is 9.78. The van der Waals surface area contributed by atoms with Gasteiger partial charge in [0.2, 0.25) is 0 Å². The molecule has 2 heteroatoms. The summed E-state index contributed by atoms with van der Waals surface area (Å²) in [7, 11) is 0. The Hall–Kier alpha value is 1.53. The van der Waals surface area contributed by atoms with Crippen LogP contribution < -0.4 is 0 Å². The van der Waals surface area contributed by atoms with Crippen molar-refractivity contribution in [1.29, 1.82) is 0 Å². The Morgan fingerprint density at radius 1 is 1.38 bits per heavy atom. The van der Waals surface area contributed by atoms with Crippen molar-refractivity contribution in [2.75, 3.05) is 19.5 Å². The summed E-state index contributed by atoms with van der Waals surface area (Å²) in [6.07, 6.45) is 1.50. The van der Waals surface area contributed by atoms with Gasteiger partial charge in [-0.3, -0.25) is 0 Å². The molecule has 0 aromatic heterocycles. The van der Waals surface area contributed by atoms with E-state index in [4.69, 9.17) is 0 Å². The Morgan fingerprint density at radius 2 is 1.75 bits per heavy atom. The molecule has 0 N–H and O–H groups in total. The van der Waals surface area contributed by atoms with Gasteiger partial charge in [-0.2, -0.15) is 0 Å². The third-order valence-corrected chi connectivity index (χ3v) is 4.06. The Kier molecular flexibility index (Phi) is 4.34. The van der Waals surface area contributed by atoms with Gasteiger partial charge in [-0.05, 0) is 0 Å². The Morgan fingerprint density at radius 3 is 1.75 bits per heavy atom. The predicted octanol–water partition coefficient (Wildman–Crippen LogP) is 2.38. The topological polar surface area (TPSA) is 0 Å². The van der Waals surface area contributed by atoms with Crippen LogP contribution >= 0.6 is 3.02 Å². The van der Waals surface area contributed by atoms with E-state index in [9.17, 15) is 0 Å². The standard InChI is InChI=1S/C6H15P.Y/c1-6(2)5-7(3)4;/h6H,5H2,1-4H3;. The van der Waals surface area contributed by atoms with Crippen LogP contribution in [0.1, 0.15) is 13.8 Å². The Balaban J connectivity index is 3.56. The molecule has 0 radical (unpaired) electrons. The van der Waals surface area contributed by atoms with Crippen LogP contribution in [0.5, 0.6) is 0 Å². The normalized spacial score (nSPS) is 12.9. The molecule has 0 aromatic rings. The van der Waals surface area contributed by atoms with Crippen LogP contribution in [0.2, 0.25) is 0 Å². The average molecular weight is 207 g/mol. The zero-order valence-electron chi connectivity index (χ0n) is 6.31. The molecule has 0 bridgehead atoms. The van der Waals surface area contributed by atoms with Gasteiger partial charge in [-0.15, -0.1) is 0 Å². The van der Waals surface area contributed by atoms with Gasteiger partial charge in [0.25, 0.3) is 0 Å². The molecule has 0 amide bonds. The van der Waals surface area contributed by atoms with Gasteiger partial charge >= 0.3 is 72.0 Å². The minimum atomic E-state index is -0.342. The van der Waals surface area contributed by atoms with Crippen molar-refractivity contribution in [3.8, 4) is 0 Å². The zero-order valence-corrected chi connectivity index (χ0v) is 10.0. The summed E-state index contributed by atoms with van der Waals surface area (Å²) in [5, 5.41) is 0. The second-order valence-corrected chi connectivity index (χ2v) is 17.6. The van der Waals surface area contributed by atoms with Gasteiger partial charge in [0.1, 0.15) is 0 Å². The summed E-state index contributed by atoms with van der Waals surface area (Å²) in [6, 6.07) is 0. The van der Waals surface area contributed by atoms with E-state index >= 15 is 0 Å². The molecule has 0 saturated heterocycles. The van der Waals surface area contributed by atoms with E-state index in [0.717, 1.165) is 5.92 Å². The van der Waals surface area contributed by atoms with Crippen LogP contribution in [0.15, 0.2) is 0 Å². The van der Waals surface area contributed by atoms with Crippen molar-refractivity contribution < 1.29 is 29.7 Å². The second kappa shape index (κ2) is 3.64. The molecule has 0 unspecified atom stereocenters. The molecule has 0 heterocycles. The quantitative estimate of drug-likeness (QED) is 0.610. The molecular weight excluding hydrogens is 192 g/mol. The third-order valence-electron chi connectivity index (χ3n) is 0.836. The molecular formula is C6H15PY. The van der Waals surface area contributed by atoms with Crippen molar-refractivity contribution in [1.82, 2.24) is 0 Å². The van der Waals surface area contributed by atoms with Crippen molar-refractivity contribution in [3.05, 3.63) is 0 Å². The summed E-state index contributed by atoms with van der Waals surface area (Å²) in [5.41, 5.74) is 0. The second-order valence-electron chi connectivity index (χ2n) is 3.36. The first kappa shape index (κ1) is 9.53. The van der Waals surface area contributed by atoms with E-state index in [2.05, 4.69) is 27.2 Å². The van der Waals surface area contributed by atoms with Crippen molar-refractivity contribution in [3.63, 3.8) is 0 Å². The molecule has 0 aliphatic carbocycles. The maximum absolute atomic E-state index is 2.45. The molecule has 0 saturated carbocycles. The maximum atomic E-state index is 2.45. The first-order valence-electron chi connectivity index (χ1n) is 3.03. The van der Waals surface area contributed by atoms with Gasteiger partial charge < -0.3 is 0 Å². The van der Waals surface area contributed by atoms with Crippen LogP contribution in [-0.2, 0) is 29.7 Å².